The molecule has 0 atom stereocenters. The molecule has 0 saturated carbocycles. The van der Waals surface area contributed by atoms with Gasteiger partial charge in [0.15, 0.2) is 0 Å². The molecule has 94 valence electrons. The van der Waals surface area contributed by atoms with Crippen LogP contribution in [0.25, 0.3) is 11.3 Å². The number of aromatic nitrogens is 2. The minimum Gasteiger partial charge on any atom is -0.311 e. The van der Waals surface area contributed by atoms with E-state index in [4.69, 9.17) is 0 Å². The molecule has 1 heterocycles. The molecule has 0 aliphatic carbocycles. The zero-order valence-corrected chi connectivity index (χ0v) is 11.1. The maximum atomic E-state index is 11.7. The van der Waals surface area contributed by atoms with E-state index in [9.17, 15) is 4.79 Å². The molecule has 2 aromatic rings. The predicted octanol–water partition coefficient (Wildman–Crippen LogP) is 3.01. The lowest BCUT2D eigenvalue weighted by Crippen LogP contribution is -2.11. The zero-order valence-electron chi connectivity index (χ0n) is 11.1. The van der Waals surface area contributed by atoms with Crippen molar-refractivity contribution < 1.29 is 0 Å². The van der Waals surface area contributed by atoms with Crippen molar-refractivity contribution in [1.29, 1.82) is 0 Å². The van der Waals surface area contributed by atoms with Crippen molar-refractivity contribution in [1.82, 2.24) is 9.97 Å². The quantitative estimate of drug-likeness (QED) is 0.899. The van der Waals surface area contributed by atoms with E-state index in [1.807, 2.05) is 13.8 Å². The fourth-order valence-corrected chi connectivity index (χ4v) is 2.01. The first-order valence-corrected chi connectivity index (χ1v) is 6.28. The lowest BCUT2D eigenvalue weighted by atomic mass is 10.0. The van der Waals surface area contributed by atoms with E-state index in [0.717, 1.165) is 35.5 Å². The number of H-pyrrole nitrogens is 1. The molecule has 2 rings (SSSR count). The van der Waals surface area contributed by atoms with Crippen LogP contribution < -0.4 is 5.56 Å². The highest BCUT2D eigenvalue weighted by atomic mass is 16.1. The highest BCUT2D eigenvalue weighted by Crippen LogP contribution is 2.21. The van der Waals surface area contributed by atoms with E-state index in [1.54, 1.807) is 6.07 Å². The first-order valence-electron chi connectivity index (χ1n) is 6.28. The van der Waals surface area contributed by atoms with E-state index in [-0.39, 0.29) is 5.56 Å². The van der Waals surface area contributed by atoms with Gasteiger partial charge in [0.25, 0.3) is 5.56 Å². The molecule has 18 heavy (non-hydrogen) atoms. The van der Waals surface area contributed by atoms with Crippen LogP contribution >= 0.6 is 0 Å². The third kappa shape index (κ3) is 2.67. The average molecular weight is 242 g/mol. The summed E-state index contributed by atoms with van der Waals surface area (Å²) in [5, 5.41) is 0. The van der Waals surface area contributed by atoms with Crippen LogP contribution in [0.5, 0.6) is 0 Å². The number of hydrogen-bond acceptors (Lipinski definition) is 2. The Hall–Kier alpha value is -1.90. The largest absolute Gasteiger partial charge is 0.311 e. The zero-order chi connectivity index (χ0) is 13.1. The van der Waals surface area contributed by atoms with Crippen LogP contribution in [0.2, 0.25) is 0 Å². The van der Waals surface area contributed by atoms with Gasteiger partial charge in [-0.15, -0.1) is 0 Å². The van der Waals surface area contributed by atoms with E-state index in [0.29, 0.717) is 0 Å². The first kappa shape index (κ1) is 12.6. The van der Waals surface area contributed by atoms with Crippen LogP contribution in [0.3, 0.4) is 0 Å². The molecule has 0 spiro atoms. The van der Waals surface area contributed by atoms with Crippen LogP contribution in [-0.4, -0.2) is 9.97 Å². The molecule has 0 unspecified atom stereocenters. The van der Waals surface area contributed by atoms with Gasteiger partial charge in [0, 0.05) is 18.1 Å². The van der Waals surface area contributed by atoms with Gasteiger partial charge in [-0.1, -0.05) is 24.6 Å². The monoisotopic (exact) mass is 242 g/mol. The molecule has 0 saturated heterocycles. The Morgan fingerprint density at radius 2 is 2.00 bits per heavy atom. The smallest absolute Gasteiger partial charge is 0.251 e. The lowest BCUT2D eigenvalue weighted by Gasteiger charge is -2.07. The van der Waals surface area contributed by atoms with Crippen molar-refractivity contribution in [3.8, 4) is 11.3 Å². The summed E-state index contributed by atoms with van der Waals surface area (Å²) in [5.41, 5.74) is 4.04. The van der Waals surface area contributed by atoms with E-state index in [1.165, 1.54) is 5.56 Å². The normalized spacial score (nSPS) is 10.6. The highest BCUT2D eigenvalue weighted by molar-refractivity contribution is 5.63. The summed E-state index contributed by atoms with van der Waals surface area (Å²) in [4.78, 5) is 19.0. The summed E-state index contributed by atoms with van der Waals surface area (Å²) in [6.45, 7) is 6.16. The van der Waals surface area contributed by atoms with Crippen LogP contribution in [0.1, 0.15) is 30.3 Å². The average Bonchev–Trinajstić information content (AvgIpc) is 2.32. The summed E-state index contributed by atoms with van der Waals surface area (Å²) >= 11 is 0. The predicted molar refractivity (Wildman–Crippen MR) is 73.8 cm³/mol. The molecule has 0 aliphatic heterocycles. The minimum absolute atomic E-state index is 0.0793. The molecule has 1 aromatic heterocycles. The fourth-order valence-electron chi connectivity index (χ4n) is 2.01. The van der Waals surface area contributed by atoms with E-state index >= 15 is 0 Å². The number of aryl methyl sites for hydroxylation is 3. The second-order valence-electron chi connectivity index (χ2n) is 4.65. The molecule has 3 nitrogen and oxygen atoms in total. The molecular weight excluding hydrogens is 224 g/mol. The number of rotatable bonds is 3. The van der Waals surface area contributed by atoms with Gasteiger partial charge in [-0.3, -0.25) is 4.79 Å². The molecule has 1 aromatic carbocycles. The lowest BCUT2D eigenvalue weighted by molar-refractivity contribution is 0.827. The minimum atomic E-state index is -0.0793. The third-order valence-electron chi connectivity index (χ3n) is 2.95. The molecule has 0 aliphatic rings. The Labute approximate surface area is 107 Å². The standard InChI is InChI=1S/C15H18N2O/c1-4-5-14-16-13(9-15(18)17-14)12-8-10(2)6-7-11(12)3/h6-9H,4-5H2,1-3H3,(H,16,17,18). The Morgan fingerprint density at radius 1 is 1.22 bits per heavy atom. The molecule has 0 amide bonds. The van der Waals surface area contributed by atoms with E-state index < -0.39 is 0 Å². The maximum Gasteiger partial charge on any atom is 0.251 e. The summed E-state index contributed by atoms with van der Waals surface area (Å²) in [6.07, 6.45) is 1.77. The Kier molecular flexibility index (Phi) is 3.60. The van der Waals surface area contributed by atoms with Gasteiger partial charge in [0.05, 0.1) is 5.69 Å². The second kappa shape index (κ2) is 5.17. The van der Waals surface area contributed by atoms with Crippen molar-refractivity contribution in [3.63, 3.8) is 0 Å². The van der Waals surface area contributed by atoms with Crippen molar-refractivity contribution in [2.75, 3.05) is 0 Å². The molecule has 0 fully saturated rings. The summed E-state index contributed by atoms with van der Waals surface area (Å²) in [5.74, 6) is 0.765. The Morgan fingerprint density at radius 3 is 2.72 bits per heavy atom. The fraction of sp³-hybridized carbons (Fsp3) is 0.333. The summed E-state index contributed by atoms with van der Waals surface area (Å²) < 4.78 is 0. The summed E-state index contributed by atoms with van der Waals surface area (Å²) in [7, 11) is 0. The van der Waals surface area contributed by atoms with Crippen molar-refractivity contribution in [2.45, 2.75) is 33.6 Å². The number of nitrogens with one attached hydrogen (secondary N) is 1. The second-order valence-corrected chi connectivity index (χ2v) is 4.65. The van der Waals surface area contributed by atoms with Crippen LogP contribution in [0.15, 0.2) is 29.1 Å². The van der Waals surface area contributed by atoms with Gasteiger partial charge in [0.1, 0.15) is 5.82 Å². The van der Waals surface area contributed by atoms with Gasteiger partial charge >= 0.3 is 0 Å². The third-order valence-corrected chi connectivity index (χ3v) is 2.95. The molecule has 0 bridgehead atoms. The molecular formula is C15H18N2O. The molecule has 0 radical (unpaired) electrons. The number of aromatic amines is 1. The Bertz CT molecular complexity index is 614. The molecule has 1 N–H and O–H groups in total. The number of nitrogens with zero attached hydrogens (tertiary/aromatic N) is 1. The van der Waals surface area contributed by atoms with Crippen LogP contribution in [0.4, 0.5) is 0 Å². The first-order chi connectivity index (χ1) is 8.60. The number of hydrogen-bond donors (Lipinski definition) is 1. The van der Waals surface area contributed by atoms with Crippen LogP contribution in [-0.2, 0) is 6.42 Å². The molecule has 3 heteroatoms. The Balaban J connectivity index is 2.56. The van der Waals surface area contributed by atoms with Gasteiger partial charge in [-0.05, 0) is 31.9 Å². The maximum absolute atomic E-state index is 11.7. The SMILES string of the molecule is CCCc1nc(-c2cc(C)ccc2C)cc(=O)[nH]1. The van der Waals surface area contributed by atoms with Gasteiger partial charge < -0.3 is 4.98 Å². The van der Waals surface area contributed by atoms with Crippen LogP contribution in [0, 0.1) is 13.8 Å². The van der Waals surface area contributed by atoms with Gasteiger partial charge in [-0.2, -0.15) is 0 Å². The van der Waals surface area contributed by atoms with E-state index in [2.05, 4.69) is 35.1 Å². The van der Waals surface area contributed by atoms with Gasteiger partial charge in [-0.25, -0.2) is 4.98 Å². The van der Waals surface area contributed by atoms with Crippen molar-refractivity contribution in [3.05, 3.63) is 51.6 Å². The van der Waals surface area contributed by atoms with Crippen molar-refractivity contribution >= 4 is 0 Å². The highest BCUT2D eigenvalue weighted by Gasteiger charge is 2.06. The number of benzene rings is 1. The van der Waals surface area contributed by atoms with Crippen molar-refractivity contribution in [2.24, 2.45) is 0 Å². The summed E-state index contributed by atoms with van der Waals surface area (Å²) in [6, 6.07) is 7.78. The van der Waals surface area contributed by atoms with Gasteiger partial charge in [0.2, 0.25) is 0 Å². The topological polar surface area (TPSA) is 45.8 Å².